The number of amides is 2. The summed E-state index contributed by atoms with van der Waals surface area (Å²) < 4.78 is 84.9. The van der Waals surface area contributed by atoms with E-state index in [4.69, 9.17) is 0 Å². The van der Waals surface area contributed by atoms with Crippen LogP contribution in [0.2, 0.25) is 0 Å². The zero-order valence-corrected chi connectivity index (χ0v) is 49.5. The normalized spacial score (nSPS) is 21.7. The summed E-state index contributed by atoms with van der Waals surface area (Å²) >= 11 is 5.25. The molecule has 4 aromatic heterocycles. The number of fused-ring (bicyclic) bond motifs is 2. The van der Waals surface area contributed by atoms with Gasteiger partial charge in [0.05, 0.1) is 21.1 Å². The average molecular weight is 1220 g/mol. The molecule has 2 aromatic carbocycles. The Hall–Kier alpha value is -5.66. The van der Waals surface area contributed by atoms with Gasteiger partial charge in [-0.15, -0.1) is 46.2 Å². The fourth-order valence-electron chi connectivity index (χ4n) is 11.5. The van der Waals surface area contributed by atoms with Crippen molar-refractivity contribution in [2.75, 3.05) is 91.3 Å². The number of nitrogens with one attached hydrogen (secondary N) is 3. The quantitative estimate of drug-likeness (QED) is 0.100. The number of carbonyl (C=O) groups excluding carboxylic acids is 2. The Labute approximate surface area is 494 Å². The summed E-state index contributed by atoms with van der Waals surface area (Å²) in [5, 5.41) is 9.95. The average Bonchev–Trinajstić information content (AvgIpc) is 3.27. The predicted octanol–water partition coefficient (Wildman–Crippen LogP) is 13.0. The molecule has 0 bridgehead atoms. The Morgan fingerprint density at radius 3 is 1.48 bits per heavy atom. The molecule has 0 radical (unpaired) electrons. The Balaban J connectivity index is 0.000000155. The molecule has 438 valence electrons. The maximum atomic E-state index is 14.2. The lowest BCUT2D eigenvalue weighted by Gasteiger charge is -2.39. The highest BCUT2D eigenvalue weighted by atomic mass is 32.2. The first-order valence-corrected chi connectivity index (χ1v) is 32.3. The highest BCUT2D eigenvalue weighted by Crippen LogP contribution is 2.50. The second-order valence-corrected chi connectivity index (χ2v) is 27.5. The van der Waals surface area contributed by atoms with Crippen LogP contribution in [0.15, 0.2) is 70.7 Å². The maximum Gasteiger partial charge on any atom is 0.420 e. The molecule has 14 nitrogen and oxygen atoms in total. The minimum absolute atomic E-state index is 0.0846. The van der Waals surface area contributed by atoms with Gasteiger partial charge in [-0.3, -0.25) is 9.59 Å². The van der Waals surface area contributed by atoms with Crippen molar-refractivity contribution in [3.05, 3.63) is 92.9 Å². The zero-order valence-electron chi connectivity index (χ0n) is 46.2. The van der Waals surface area contributed by atoms with Crippen LogP contribution in [0.3, 0.4) is 0 Å². The van der Waals surface area contributed by atoms with Crippen molar-refractivity contribution in [1.82, 2.24) is 40.0 Å². The molecule has 2 atom stereocenters. The van der Waals surface area contributed by atoms with Gasteiger partial charge in [0.15, 0.2) is 0 Å². The number of rotatable bonds is 12. The van der Waals surface area contributed by atoms with Gasteiger partial charge in [-0.05, 0) is 144 Å². The number of benzene rings is 2. The number of anilines is 6. The van der Waals surface area contributed by atoms with E-state index in [1.807, 2.05) is 21.9 Å². The van der Waals surface area contributed by atoms with Crippen molar-refractivity contribution in [3.8, 4) is 21.1 Å². The fourth-order valence-corrected chi connectivity index (χ4v) is 16.1. The molecule has 4 aliphatic heterocycles. The lowest BCUT2D eigenvalue weighted by atomic mass is 10.1. The Morgan fingerprint density at radius 1 is 0.590 bits per heavy atom. The van der Waals surface area contributed by atoms with E-state index in [1.165, 1.54) is 29.2 Å². The molecule has 4 saturated carbocycles. The van der Waals surface area contributed by atoms with E-state index >= 15 is 0 Å². The van der Waals surface area contributed by atoms with Crippen molar-refractivity contribution in [3.63, 3.8) is 0 Å². The molecule has 24 heteroatoms. The minimum Gasteiger partial charge on any atom is -0.369 e. The topological polar surface area (TPSA) is 138 Å². The number of aromatic nitrogens is 4. The van der Waals surface area contributed by atoms with Gasteiger partial charge in [0.2, 0.25) is 11.9 Å². The van der Waals surface area contributed by atoms with Crippen molar-refractivity contribution < 1.29 is 35.9 Å². The molecular weight excluding hydrogens is 1150 g/mol. The van der Waals surface area contributed by atoms with Gasteiger partial charge in [-0.1, -0.05) is 0 Å². The third-order valence-corrected chi connectivity index (χ3v) is 21.3. The van der Waals surface area contributed by atoms with Crippen LogP contribution in [0.5, 0.6) is 0 Å². The lowest BCUT2D eigenvalue weighted by Crippen LogP contribution is -2.50. The molecule has 2 saturated heterocycles. The number of thioether (sulfide) groups is 2. The second-order valence-electron chi connectivity index (χ2n) is 23.1. The first-order valence-electron chi connectivity index (χ1n) is 28.7. The summed E-state index contributed by atoms with van der Waals surface area (Å²) in [7, 11) is 2.15. The number of halogens is 6. The van der Waals surface area contributed by atoms with Crippen LogP contribution in [0, 0.1) is 0 Å². The third kappa shape index (κ3) is 12.3. The number of nitrogens with zero attached hydrogens (tertiary/aromatic N) is 9. The van der Waals surface area contributed by atoms with Crippen molar-refractivity contribution >= 4 is 92.7 Å². The highest BCUT2D eigenvalue weighted by Gasteiger charge is 2.42. The first kappa shape index (κ1) is 56.5. The minimum atomic E-state index is -4.63. The Bertz CT molecular complexity index is 3450. The van der Waals surface area contributed by atoms with Crippen LogP contribution in [0.1, 0.15) is 119 Å². The summed E-state index contributed by atoms with van der Waals surface area (Å²) in [5.41, 5.74) is 4.06. The summed E-state index contributed by atoms with van der Waals surface area (Å²) in [6.45, 7) is 11.4. The van der Waals surface area contributed by atoms with E-state index in [9.17, 15) is 35.9 Å². The van der Waals surface area contributed by atoms with Crippen LogP contribution < -0.4 is 25.8 Å². The number of hydrogen-bond donors (Lipinski definition) is 3. The standard InChI is InChI=1S/C30H33F3N6OS2.C29H31F3N6OS2/c1-17-16-38(10-9-37(17)2)20-7-8-23(21(13-20)18-3-4-18)35-29-34-15-22(30(31,32)33)26(36-29)24-14-25-27(42-24)28(40)39(11-12-41-25)19-5-6-19;1-16-15-37(9-8-33-16)19-6-7-22(20(12-19)17-2-3-17)35-28-34-14-21(29(30,31)32)25(36-28)23-13-24-26(41-23)27(39)38(10-11-40-24)18-4-5-18/h7-8,13-15,17-19H,3-6,9-12,16H2,1-2H3,(H,34,35,36);6-7,12-14,16-18,33H,2-5,8-11,15H2,1H3,(H,34,35,36). The molecule has 8 aliphatic rings. The molecule has 6 fully saturated rings. The van der Waals surface area contributed by atoms with Gasteiger partial charge in [-0.2, -0.15) is 26.3 Å². The molecule has 6 aromatic rings. The van der Waals surface area contributed by atoms with E-state index in [0.29, 0.717) is 56.5 Å². The molecule has 0 spiro atoms. The van der Waals surface area contributed by atoms with Crippen LogP contribution >= 0.6 is 46.2 Å². The molecule has 14 rings (SSSR count). The number of alkyl halides is 6. The zero-order chi connectivity index (χ0) is 57.5. The molecule has 3 N–H and O–H groups in total. The summed E-state index contributed by atoms with van der Waals surface area (Å²) in [5.74, 6) is 2.33. The molecule has 8 heterocycles. The number of piperazine rings is 2. The SMILES string of the molecule is CC1CN(c2ccc(Nc3ncc(C(F)(F)F)c(-c4cc5c(s4)C(=O)N(C4CC4)CCS5)n3)c(C3CC3)c2)CCN1.CC1CN(c2ccc(Nc3ncc(C(F)(F)F)c(-c4cc5c(s4)C(=O)N(C4CC4)CCS5)n3)c(C3CC3)c2)CCN1C. The third-order valence-electron chi connectivity index (χ3n) is 16.8. The Kier molecular flexibility index (Phi) is 15.4. The van der Waals surface area contributed by atoms with Crippen LogP contribution in [0.4, 0.5) is 61.0 Å². The summed E-state index contributed by atoms with van der Waals surface area (Å²) in [6, 6.07) is 17.3. The second kappa shape index (κ2) is 22.6. The first-order chi connectivity index (χ1) is 39.9. The fraction of sp³-hybridized carbons (Fsp3) is 0.492. The van der Waals surface area contributed by atoms with Crippen LogP contribution in [0.25, 0.3) is 21.1 Å². The summed E-state index contributed by atoms with van der Waals surface area (Å²) in [4.78, 5) is 57.6. The number of thiophene rings is 2. The largest absolute Gasteiger partial charge is 0.420 e. The lowest BCUT2D eigenvalue weighted by molar-refractivity contribution is -0.138. The van der Waals surface area contributed by atoms with Crippen molar-refractivity contribution in [1.29, 1.82) is 0 Å². The van der Waals surface area contributed by atoms with Gasteiger partial charge in [-0.25, -0.2) is 19.9 Å². The highest BCUT2D eigenvalue weighted by molar-refractivity contribution is 7.99. The smallest absolute Gasteiger partial charge is 0.369 e. The van der Waals surface area contributed by atoms with E-state index < -0.39 is 23.5 Å². The monoisotopic (exact) mass is 1210 g/mol. The van der Waals surface area contributed by atoms with E-state index in [-0.39, 0.29) is 47.2 Å². The molecule has 4 aliphatic carbocycles. The van der Waals surface area contributed by atoms with Gasteiger partial charge in [0, 0.05) is 133 Å². The maximum absolute atomic E-state index is 14.2. The van der Waals surface area contributed by atoms with Crippen LogP contribution in [-0.2, 0) is 12.4 Å². The van der Waals surface area contributed by atoms with Gasteiger partial charge in [0.1, 0.15) is 20.9 Å². The summed E-state index contributed by atoms with van der Waals surface area (Å²) in [6.07, 6.45) is 0.735. The Morgan fingerprint density at radius 2 is 1.06 bits per heavy atom. The van der Waals surface area contributed by atoms with Gasteiger partial charge < -0.3 is 40.4 Å². The van der Waals surface area contributed by atoms with Gasteiger partial charge >= 0.3 is 12.4 Å². The van der Waals surface area contributed by atoms with Crippen molar-refractivity contribution in [2.45, 2.75) is 123 Å². The number of carbonyl (C=O) groups is 2. The molecule has 83 heavy (non-hydrogen) atoms. The molecule has 2 amide bonds. The predicted molar refractivity (Wildman–Crippen MR) is 318 cm³/mol. The van der Waals surface area contributed by atoms with Gasteiger partial charge in [0.25, 0.3) is 11.8 Å². The van der Waals surface area contributed by atoms with Crippen molar-refractivity contribution in [2.24, 2.45) is 0 Å². The van der Waals surface area contributed by atoms with E-state index in [1.54, 1.807) is 12.1 Å². The van der Waals surface area contributed by atoms with E-state index in [0.717, 1.165) is 175 Å². The number of likely N-dealkylation sites (N-methyl/N-ethyl adjacent to an activating group) is 1. The molecular formula is C59H64F6N12O2S4. The number of hydrogen-bond acceptors (Lipinski definition) is 16. The van der Waals surface area contributed by atoms with E-state index in [2.05, 4.69) is 95.7 Å². The molecule has 2 unspecified atom stereocenters. The van der Waals surface area contributed by atoms with Crippen LogP contribution in [-0.4, -0.2) is 142 Å².